The Balaban J connectivity index is 1.85. The van der Waals surface area contributed by atoms with Crippen LogP contribution >= 0.6 is 0 Å². The van der Waals surface area contributed by atoms with Crippen molar-refractivity contribution in [3.63, 3.8) is 0 Å². The first-order valence-corrected chi connectivity index (χ1v) is 6.23. The maximum atomic E-state index is 12.5. The van der Waals surface area contributed by atoms with Gasteiger partial charge in [-0.15, -0.1) is 12.1 Å². The Kier molecular flexibility index (Phi) is 4.14. The molecule has 19 heavy (non-hydrogen) atoms. The molecule has 0 saturated carbocycles. The van der Waals surface area contributed by atoms with Gasteiger partial charge in [-0.05, 0) is 18.7 Å². The van der Waals surface area contributed by atoms with E-state index in [1.54, 1.807) is 11.1 Å². The molecule has 0 spiro atoms. The van der Waals surface area contributed by atoms with E-state index in [9.17, 15) is 12.9 Å². The SMILES string of the molecule is C=C(CN1CCN(c2ccccn2)CC1)[B-](F)(F)F. The molecule has 2 heterocycles. The van der Waals surface area contributed by atoms with Gasteiger partial charge in [0.2, 0.25) is 0 Å². The monoisotopic (exact) mass is 270 g/mol. The minimum Gasteiger partial charge on any atom is -0.445 e. The summed E-state index contributed by atoms with van der Waals surface area (Å²) in [7, 11) is 0. The highest BCUT2D eigenvalue weighted by Crippen LogP contribution is 2.20. The Bertz CT molecular complexity index is 428. The topological polar surface area (TPSA) is 19.4 Å². The number of pyridine rings is 1. The third-order valence-electron chi connectivity index (χ3n) is 3.24. The van der Waals surface area contributed by atoms with Gasteiger partial charge in [-0.3, -0.25) is 4.90 Å². The van der Waals surface area contributed by atoms with E-state index in [-0.39, 0.29) is 6.54 Å². The van der Waals surface area contributed by atoms with Gasteiger partial charge in [-0.1, -0.05) is 6.07 Å². The quantitative estimate of drug-likeness (QED) is 0.781. The van der Waals surface area contributed by atoms with Crippen LogP contribution in [-0.4, -0.2) is 49.6 Å². The second kappa shape index (κ2) is 5.65. The first-order valence-electron chi connectivity index (χ1n) is 6.23. The van der Waals surface area contributed by atoms with Crippen molar-refractivity contribution in [2.24, 2.45) is 0 Å². The second-order valence-corrected chi connectivity index (χ2v) is 4.68. The van der Waals surface area contributed by atoms with E-state index in [1.165, 1.54) is 0 Å². The van der Waals surface area contributed by atoms with Gasteiger partial charge in [0.15, 0.2) is 0 Å². The smallest absolute Gasteiger partial charge is 0.445 e. The van der Waals surface area contributed by atoms with Gasteiger partial charge in [-0.2, -0.15) is 0 Å². The second-order valence-electron chi connectivity index (χ2n) is 4.68. The first kappa shape index (κ1) is 13.9. The number of hydrogen-bond acceptors (Lipinski definition) is 3. The summed E-state index contributed by atoms with van der Waals surface area (Å²) in [6.07, 6.45) is 1.72. The predicted octanol–water partition coefficient (Wildman–Crippen LogP) is 2.15. The molecule has 0 atom stereocenters. The fraction of sp³-hybridized carbons (Fsp3) is 0.417. The molecule has 2 rings (SSSR count). The molecule has 1 aliphatic rings. The number of halogens is 3. The lowest BCUT2D eigenvalue weighted by molar-refractivity contribution is 0.276. The van der Waals surface area contributed by atoms with Crippen LogP contribution in [0.25, 0.3) is 0 Å². The fourth-order valence-electron chi connectivity index (χ4n) is 2.07. The molecule has 7 heteroatoms. The lowest BCUT2D eigenvalue weighted by Gasteiger charge is -2.37. The van der Waals surface area contributed by atoms with Crippen LogP contribution in [0.3, 0.4) is 0 Å². The van der Waals surface area contributed by atoms with Crippen LogP contribution < -0.4 is 4.90 Å². The van der Waals surface area contributed by atoms with Crippen LogP contribution in [0.4, 0.5) is 18.8 Å². The lowest BCUT2D eigenvalue weighted by atomic mass is 9.80. The average molecular weight is 270 g/mol. The van der Waals surface area contributed by atoms with E-state index < -0.39 is 12.4 Å². The largest absolute Gasteiger partial charge is 0.506 e. The Labute approximate surface area is 110 Å². The number of anilines is 1. The van der Waals surface area contributed by atoms with Crippen molar-refractivity contribution in [1.82, 2.24) is 9.88 Å². The summed E-state index contributed by atoms with van der Waals surface area (Å²) >= 11 is 0. The molecule has 0 aliphatic carbocycles. The molecule has 3 nitrogen and oxygen atoms in total. The van der Waals surface area contributed by atoms with Crippen molar-refractivity contribution >= 4 is 12.8 Å². The van der Waals surface area contributed by atoms with Crippen LogP contribution in [0.1, 0.15) is 0 Å². The number of rotatable bonds is 4. The van der Waals surface area contributed by atoms with E-state index in [2.05, 4.69) is 16.5 Å². The molecule has 1 fully saturated rings. The van der Waals surface area contributed by atoms with Crippen molar-refractivity contribution in [2.75, 3.05) is 37.6 Å². The van der Waals surface area contributed by atoms with E-state index in [0.717, 1.165) is 5.82 Å². The minimum atomic E-state index is -4.92. The highest BCUT2D eigenvalue weighted by atomic mass is 19.4. The van der Waals surface area contributed by atoms with Gasteiger partial charge in [0.1, 0.15) is 5.82 Å². The molecule has 0 bridgehead atoms. The van der Waals surface area contributed by atoms with Gasteiger partial charge >= 0.3 is 6.98 Å². The molecular weight excluding hydrogens is 254 g/mol. The van der Waals surface area contributed by atoms with Gasteiger partial charge in [0, 0.05) is 32.4 Å². The summed E-state index contributed by atoms with van der Waals surface area (Å²) in [6, 6.07) is 5.66. The number of nitrogens with zero attached hydrogens (tertiary/aromatic N) is 3. The number of aromatic nitrogens is 1. The van der Waals surface area contributed by atoms with Crippen LogP contribution in [0.15, 0.2) is 36.4 Å². The van der Waals surface area contributed by atoms with Crippen LogP contribution in [-0.2, 0) is 0 Å². The Morgan fingerprint density at radius 2 is 1.89 bits per heavy atom. The third-order valence-corrected chi connectivity index (χ3v) is 3.24. The molecule has 104 valence electrons. The van der Waals surface area contributed by atoms with Crippen molar-refractivity contribution in [1.29, 1.82) is 0 Å². The molecular formula is C12H16BF3N3-. The molecule has 0 amide bonds. The van der Waals surface area contributed by atoms with Crippen LogP contribution in [0, 0.1) is 0 Å². The van der Waals surface area contributed by atoms with Crippen molar-refractivity contribution in [3.8, 4) is 0 Å². The number of piperazine rings is 1. The Morgan fingerprint density at radius 3 is 2.42 bits per heavy atom. The third kappa shape index (κ3) is 3.73. The first-order chi connectivity index (χ1) is 8.97. The lowest BCUT2D eigenvalue weighted by Crippen LogP contribution is -2.48. The summed E-state index contributed by atoms with van der Waals surface area (Å²) in [5.41, 5.74) is -0.619. The van der Waals surface area contributed by atoms with Crippen LogP contribution in [0.2, 0.25) is 0 Å². The molecule has 0 radical (unpaired) electrons. The molecule has 1 aromatic heterocycles. The van der Waals surface area contributed by atoms with E-state index in [4.69, 9.17) is 0 Å². The van der Waals surface area contributed by atoms with E-state index in [1.807, 2.05) is 18.2 Å². The highest BCUT2D eigenvalue weighted by Gasteiger charge is 2.28. The summed E-state index contributed by atoms with van der Waals surface area (Å²) < 4.78 is 37.4. The van der Waals surface area contributed by atoms with E-state index >= 15 is 0 Å². The predicted molar refractivity (Wildman–Crippen MR) is 71.1 cm³/mol. The molecule has 0 unspecified atom stereocenters. The molecule has 0 N–H and O–H groups in total. The average Bonchev–Trinajstić information content (AvgIpc) is 2.39. The Morgan fingerprint density at radius 1 is 1.21 bits per heavy atom. The molecule has 1 aromatic rings. The maximum Gasteiger partial charge on any atom is 0.506 e. The molecule has 1 aliphatic heterocycles. The van der Waals surface area contributed by atoms with Gasteiger partial charge < -0.3 is 17.8 Å². The minimum absolute atomic E-state index is 0.0838. The summed E-state index contributed by atoms with van der Waals surface area (Å²) in [5, 5.41) is 0. The molecule has 0 aromatic carbocycles. The summed E-state index contributed by atoms with van der Waals surface area (Å²) in [6.45, 7) is 0.705. The Hall–Kier alpha value is -1.50. The number of hydrogen-bond donors (Lipinski definition) is 0. The fourth-order valence-corrected chi connectivity index (χ4v) is 2.07. The van der Waals surface area contributed by atoms with Crippen molar-refractivity contribution < 1.29 is 12.9 Å². The standard InChI is InChI=1S/C12H16BF3N3/c1-11(13(14,15)16)10-18-6-8-19(9-7-18)12-4-2-3-5-17-12/h2-5H,1,6-10H2/q-1. The van der Waals surface area contributed by atoms with E-state index in [0.29, 0.717) is 26.2 Å². The van der Waals surface area contributed by atoms with Crippen molar-refractivity contribution in [3.05, 3.63) is 36.4 Å². The summed E-state index contributed by atoms with van der Waals surface area (Å²) in [5.74, 6) is 0.876. The maximum absolute atomic E-state index is 12.5. The molecule has 1 saturated heterocycles. The van der Waals surface area contributed by atoms with Crippen LogP contribution in [0.5, 0.6) is 0 Å². The summed E-state index contributed by atoms with van der Waals surface area (Å²) in [4.78, 5) is 8.11. The zero-order chi connectivity index (χ0) is 13.9. The van der Waals surface area contributed by atoms with Gasteiger partial charge in [-0.25, -0.2) is 4.98 Å². The zero-order valence-corrected chi connectivity index (χ0v) is 10.6. The highest BCUT2D eigenvalue weighted by molar-refractivity contribution is 6.66. The zero-order valence-electron chi connectivity index (χ0n) is 10.6. The van der Waals surface area contributed by atoms with Crippen molar-refractivity contribution in [2.45, 2.75) is 0 Å². The van der Waals surface area contributed by atoms with Gasteiger partial charge in [0.25, 0.3) is 0 Å². The van der Waals surface area contributed by atoms with Gasteiger partial charge in [0.05, 0.1) is 0 Å². The normalized spacial score (nSPS) is 17.5.